The smallest absolute Gasteiger partial charge is 0.332 e. The molecule has 0 aliphatic carbocycles. The van der Waals surface area contributed by atoms with Crippen LogP contribution in [0.3, 0.4) is 0 Å². The number of rotatable bonds is 7. The summed E-state index contributed by atoms with van der Waals surface area (Å²) in [5.74, 6) is -0.817. The van der Waals surface area contributed by atoms with Crippen LogP contribution in [0.1, 0.15) is 5.56 Å². The van der Waals surface area contributed by atoms with Crippen LogP contribution in [-0.4, -0.2) is 43.6 Å². The van der Waals surface area contributed by atoms with Crippen LogP contribution >= 0.6 is 11.6 Å². The molecule has 2 heterocycles. The molecule has 1 atom stereocenters. The van der Waals surface area contributed by atoms with Gasteiger partial charge in [-0.1, -0.05) is 48.0 Å². The number of carbonyl (C=O) groups is 2. The molecular formula is C25H25ClN6O4. The van der Waals surface area contributed by atoms with Gasteiger partial charge in [-0.3, -0.25) is 23.5 Å². The summed E-state index contributed by atoms with van der Waals surface area (Å²) in [4.78, 5) is 57.0. The van der Waals surface area contributed by atoms with Crippen LogP contribution in [0.15, 0.2) is 70.5 Å². The minimum absolute atomic E-state index is 0.122. The maximum absolute atomic E-state index is 13.4. The molecule has 0 fully saturated rings. The highest BCUT2D eigenvalue weighted by molar-refractivity contribution is 6.30. The van der Waals surface area contributed by atoms with Crippen LogP contribution in [0.25, 0.3) is 11.2 Å². The zero-order valence-electron chi connectivity index (χ0n) is 20.0. The van der Waals surface area contributed by atoms with Crippen molar-refractivity contribution < 1.29 is 9.59 Å². The quantitative estimate of drug-likeness (QED) is 0.406. The lowest BCUT2D eigenvalue weighted by Crippen LogP contribution is -2.49. The maximum Gasteiger partial charge on any atom is 0.332 e. The second kappa shape index (κ2) is 10.2. The Morgan fingerprint density at radius 1 is 1.06 bits per heavy atom. The van der Waals surface area contributed by atoms with Crippen LogP contribution in [0, 0.1) is 0 Å². The standard InChI is InChI=1S/C25H25ClN6O4/c1-29(18-11-7-10-17(26)13-18)23(34)19(12-16-8-5-4-6-9-16)28-20(33)14-32-15-27-22-21(32)24(35)31(3)25(36)30(22)2/h4-11,13,15,19H,12,14H2,1-3H3,(H,28,33)/t19-/m0/s1. The van der Waals surface area contributed by atoms with Crippen molar-refractivity contribution in [2.24, 2.45) is 14.1 Å². The van der Waals surface area contributed by atoms with E-state index in [2.05, 4.69) is 10.3 Å². The number of hydrogen-bond donors (Lipinski definition) is 1. The van der Waals surface area contributed by atoms with Crippen molar-refractivity contribution in [2.45, 2.75) is 19.0 Å². The van der Waals surface area contributed by atoms with Crippen LogP contribution < -0.4 is 21.5 Å². The Kier molecular flexibility index (Phi) is 7.07. The number of aromatic nitrogens is 4. The van der Waals surface area contributed by atoms with Crippen LogP contribution in [0.4, 0.5) is 5.69 Å². The number of nitrogens with zero attached hydrogens (tertiary/aromatic N) is 5. The molecule has 0 saturated carbocycles. The molecule has 0 aliphatic rings. The molecule has 2 aromatic carbocycles. The number of halogens is 1. The van der Waals surface area contributed by atoms with Gasteiger partial charge in [-0.15, -0.1) is 0 Å². The number of benzene rings is 2. The zero-order chi connectivity index (χ0) is 26.0. The Morgan fingerprint density at radius 2 is 1.78 bits per heavy atom. The van der Waals surface area contributed by atoms with Gasteiger partial charge in [-0.25, -0.2) is 9.78 Å². The van der Waals surface area contributed by atoms with E-state index >= 15 is 0 Å². The highest BCUT2D eigenvalue weighted by Crippen LogP contribution is 2.19. The summed E-state index contributed by atoms with van der Waals surface area (Å²) < 4.78 is 3.57. The van der Waals surface area contributed by atoms with E-state index in [0.29, 0.717) is 10.7 Å². The van der Waals surface area contributed by atoms with Gasteiger partial charge in [0.1, 0.15) is 12.6 Å². The van der Waals surface area contributed by atoms with E-state index in [0.717, 1.165) is 10.1 Å². The topological polar surface area (TPSA) is 111 Å². The van der Waals surface area contributed by atoms with Crippen molar-refractivity contribution in [3.8, 4) is 0 Å². The fourth-order valence-corrected chi connectivity index (χ4v) is 4.19. The van der Waals surface area contributed by atoms with Gasteiger partial charge < -0.3 is 14.8 Å². The van der Waals surface area contributed by atoms with Crippen LogP contribution in [0.5, 0.6) is 0 Å². The zero-order valence-corrected chi connectivity index (χ0v) is 20.8. The Labute approximate surface area is 211 Å². The van der Waals surface area contributed by atoms with Crippen molar-refractivity contribution in [3.63, 3.8) is 0 Å². The van der Waals surface area contributed by atoms with E-state index in [1.807, 2.05) is 30.3 Å². The Bertz CT molecular complexity index is 1560. The first-order valence-electron chi connectivity index (χ1n) is 11.1. The predicted octanol–water partition coefficient (Wildman–Crippen LogP) is 1.48. The number of imidazole rings is 1. The minimum Gasteiger partial charge on any atom is -0.342 e. The van der Waals surface area contributed by atoms with Crippen molar-refractivity contribution in [2.75, 3.05) is 11.9 Å². The fourth-order valence-electron chi connectivity index (χ4n) is 4.01. The molecule has 0 radical (unpaired) electrons. The van der Waals surface area contributed by atoms with Crippen molar-refractivity contribution in [1.82, 2.24) is 24.0 Å². The van der Waals surface area contributed by atoms with Gasteiger partial charge in [0.05, 0.1) is 6.33 Å². The second-order valence-electron chi connectivity index (χ2n) is 8.44. The van der Waals surface area contributed by atoms with Gasteiger partial charge in [-0.05, 0) is 23.8 Å². The van der Waals surface area contributed by atoms with E-state index in [9.17, 15) is 19.2 Å². The summed E-state index contributed by atoms with van der Waals surface area (Å²) in [6.07, 6.45) is 1.59. The lowest BCUT2D eigenvalue weighted by atomic mass is 10.0. The molecule has 2 aromatic heterocycles. The van der Waals surface area contributed by atoms with E-state index < -0.39 is 23.2 Å². The van der Waals surface area contributed by atoms with Gasteiger partial charge in [0.2, 0.25) is 11.8 Å². The Balaban J connectivity index is 1.61. The lowest BCUT2D eigenvalue weighted by molar-refractivity contribution is -0.127. The molecule has 11 heteroatoms. The summed E-state index contributed by atoms with van der Waals surface area (Å²) in [5.41, 5.74) is 0.679. The molecule has 10 nitrogen and oxygen atoms in total. The van der Waals surface area contributed by atoms with Crippen LogP contribution in [0.2, 0.25) is 5.02 Å². The number of nitrogens with one attached hydrogen (secondary N) is 1. The number of likely N-dealkylation sites (N-methyl/N-ethyl adjacent to an activating group) is 1. The molecule has 186 valence electrons. The predicted molar refractivity (Wildman–Crippen MR) is 137 cm³/mol. The number of fused-ring (bicyclic) bond motifs is 1. The molecule has 0 bridgehead atoms. The fraction of sp³-hybridized carbons (Fsp3) is 0.240. The van der Waals surface area contributed by atoms with Crippen molar-refractivity contribution >= 4 is 40.3 Å². The van der Waals surface area contributed by atoms with Gasteiger partial charge in [0, 0.05) is 38.3 Å². The molecule has 2 amide bonds. The van der Waals surface area contributed by atoms with Gasteiger partial charge in [0.15, 0.2) is 11.2 Å². The SMILES string of the molecule is CN(C(=O)[C@H](Cc1ccccc1)NC(=O)Cn1cnc2c1c(=O)n(C)c(=O)n2C)c1cccc(Cl)c1. The van der Waals surface area contributed by atoms with Crippen molar-refractivity contribution in [1.29, 1.82) is 0 Å². The molecule has 1 N–H and O–H groups in total. The monoisotopic (exact) mass is 508 g/mol. The summed E-state index contributed by atoms with van der Waals surface area (Å²) in [5, 5.41) is 3.29. The third-order valence-electron chi connectivity index (χ3n) is 5.97. The molecule has 0 aliphatic heterocycles. The van der Waals surface area contributed by atoms with E-state index in [-0.39, 0.29) is 30.0 Å². The van der Waals surface area contributed by atoms with Gasteiger partial charge in [0.25, 0.3) is 5.56 Å². The van der Waals surface area contributed by atoms with Crippen LogP contribution in [-0.2, 0) is 36.6 Å². The number of amides is 2. The number of anilines is 1. The number of aryl methyl sites for hydroxylation is 1. The summed E-state index contributed by atoms with van der Waals surface area (Å²) in [6, 6.07) is 15.3. The molecule has 36 heavy (non-hydrogen) atoms. The summed E-state index contributed by atoms with van der Waals surface area (Å²) in [6.45, 7) is -0.261. The average molecular weight is 509 g/mol. The first-order chi connectivity index (χ1) is 17.2. The first-order valence-corrected chi connectivity index (χ1v) is 11.5. The maximum atomic E-state index is 13.4. The molecular weight excluding hydrogens is 484 g/mol. The molecule has 4 aromatic rings. The molecule has 0 unspecified atom stereocenters. The van der Waals surface area contributed by atoms with Crippen molar-refractivity contribution in [3.05, 3.63) is 92.3 Å². The third-order valence-corrected chi connectivity index (χ3v) is 6.21. The summed E-state index contributed by atoms with van der Waals surface area (Å²) in [7, 11) is 4.48. The number of hydrogen-bond acceptors (Lipinski definition) is 5. The molecule has 0 spiro atoms. The molecule has 0 saturated heterocycles. The first kappa shape index (κ1) is 24.9. The van der Waals surface area contributed by atoms with E-state index in [1.165, 1.54) is 34.5 Å². The Morgan fingerprint density at radius 3 is 2.47 bits per heavy atom. The largest absolute Gasteiger partial charge is 0.342 e. The molecule has 4 rings (SSSR count). The Hall–Kier alpha value is -4.18. The van der Waals surface area contributed by atoms with Gasteiger partial charge in [-0.2, -0.15) is 0 Å². The minimum atomic E-state index is -0.883. The highest BCUT2D eigenvalue weighted by atomic mass is 35.5. The number of carbonyl (C=O) groups excluding carboxylic acids is 2. The lowest BCUT2D eigenvalue weighted by Gasteiger charge is -2.25. The van der Waals surface area contributed by atoms with E-state index in [4.69, 9.17) is 11.6 Å². The second-order valence-corrected chi connectivity index (χ2v) is 8.87. The normalized spacial score (nSPS) is 11.9. The third kappa shape index (κ3) is 4.94. The summed E-state index contributed by atoms with van der Waals surface area (Å²) >= 11 is 6.09. The van der Waals surface area contributed by atoms with E-state index in [1.54, 1.807) is 31.3 Å². The van der Waals surface area contributed by atoms with Gasteiger partial charge >= 0.3 is 5.69 Å². The highest BCUT2D eigenvalue weighted by Gasteiger charge is 2.26. The average Bonchev–Trinajstić information content (AvgIpc) is 3.29.